The number of ether oxygens (including phenoxy) is 2. The number of halogens is 1. The lowest BCUT2D eigenvalue weighted by Gasteiger charge is -2.15. The van der Waals surface area contributed by atoms with Crippen molar-refractivity contribution >= 4 is 5.69 Å². The zero-order chi connectivity index (χ0) is 15.4. The van der Waals surface area contributed by atoms with Gasteiger partial charge in [0.1, 0.15) is 29.6 Å². The Balaban J connectivity index is 1.64. The van der Waals surface area contributed by atoms with E-state index >= 15 is 0 Å². The van der Waals surface area contributed by atoms with Crippen molar-refractivity contribution in [3.05, 3.63) is 41.5 Å². The van der Waals surface area contributed by atoms with Gasteiger partial charge in [-0.3, -0.25) is 0 Å². The van der Waals surface area contributed by atoms with Crippen molar-refractivity contribution < 1.29 is 18.4 Å². The minimum absolute atomic E-state index is 0.121. The highest BCUT2D eigenvalue weighted by atomic mass is 19.1. The number of anilines is 1. The highest BCUT2D eigenvalue weighted by molar-refractivity contribution is 5.56. The standard InChI is InChI=1S/C16H19FN2O3/c1-11-7-13(19-22-11)9-18-15-8-12(17)4-5-16(15)21-10-14-3-2-6-20-14/h4-5,7-8,14,18H,2-3,6,9-10H2,1H3/t14-/m0/s1. The lowest BCUT2D eigenvalue weighted by molar-refractivity contribution is 0.0682. The van der Waals surface area contributed by atoms with Gasteiger partial charge in [-0.2, -0.15) is 0 Å². The number of aryl methyl sites for hydroxylation is 1. The third-order valence-corrected chi connectivity index (χ3v) is 3.53. The van der Waals surface area contributed by atoms with E-state index in [1.807, 2.05) is 13.0 Å². The molecule has 1 aromatic carbocycles. The maximum atomic E-state index is 13.5. The average Bonchev–Trinajstić information content (AvgIpc) is 3.15. The van der Waals surface area contributed by atoms with E-state index in [4.69, 9.17) is 14.0 Å². The zero-order valence-corrected chi connectivity index (χ0v) is 12.5. The van der Waals surface area contributed by atoms with Gasteiger partial charge in [0.15, 0.2) is 0 Å². The Morgan fingerprint density at radius 3 is 3.05 bits per heavy atom. The summed E-state index contributed by atoms with van der Waals surface area (Å²) in [5, 5.41) is 7.03. The highest BCUT2D eigenvalue weighted by Gasteiger charge is 2.17. The molecule has 1 aromatic heterocycles. The van der Waals surface area contributed by atoms with Crippen molar-refractivity contribution in [2.24, 2.45) is 0 Å². The number of nitrogens with zero attached hydrogens (tertiary/aromatic N) is 1. The monoisotopic (exact) mass is 306 g/mol. The Hall–Kier alpha value is -2.08. The number of rotatable bonds is 6. The topological polar surface area (TPSA) is 56.5 Å². The van der Waals surface area contributed by atoms with Crippen molar-refractivity contribution in [3.8, 4) is 5.75 Å². The van der Waals surface area contributed by atoms with Gasteiger partial charge in [0.25, 0.3) is 0 Å². The summed E-state index contributed by atoms with van der Waals surface area (Å²) in [5.41, 5.74) is 1.35. The molecule has 0 bridgehead atoms. The summed E-state index contributed by atoms with van der Waals surface area (Å²) in [7, 11) is 0. The second kappa shape index (κ2) is 6.79. The van der Waals surface area contributed by atoms with Crippen LogP contribution in [0.4, 0.5) is 10.1 Å². The van der Waals surface area contributed by atoms with Crippen LogP contribution in [0, 0.1) is 12.7 Å². The number of aromatic nitrogens is 1. The molecule has 1 fully saturated rings. The molecule has 1 aliphatic heterocycles. The molecule has 2 aromatic rings. The maximum absolute atomic E-state index is 13.5. The lowest BCUT2D eigenvalue weighted by atomic mass is 10.2. The molecule has 1 saturated heterocycles. The van der Waals surface area contributed by atoms with Gasteiger partial charge in [0.2, 0.25) is 0 Å². The summed E-state index contributed by atoms with van der Waals surface area (Å²) >= 11 is 0. The van der Waals surface area contributed by atoms with Crippen molar-refractivity contribution in [2.45, 2.75) is 32.4 Å². The van der Waals surface area contributed by atoms with E-state index in [1.54, 1.807) is 6.07 Å². The van der Waals surface area contributed by atoms with E-state index in [1.165, 1.54) is 12.1 Å². The SMILES string of the molecule is Cc1cc(CNc2cc(F)ccc2OC[C@@H]2CCCO2)no1. The predicted octanol–water partition coefficient (Wildman–Crippen LogP) is 3.29. The Morgan fingerprint density at radius 2 is 2.32 bits per heavy atom. The molecule has 6 heteroatoms. The minimum atomic E-state index is -0.316. The van der Waals surface area contributed by atoms with Crippen LogP contribution in [0.3, 0.4) is 0 Å². The second-order valence-electron chi connectivity index (χ2n) is 5.37. The van der Waals surface area contributed by atoms with Crippen LogP contribution in [0.2, 0.25) is 0 Å². The first-order valence-corrected chi connectivity index (χ1v) is 7.41. The van der Waals surface area contributed by atoms with E-state index in [9.17, 15) is 4.39 Å². The Kier molecular flexibility index (Phi) is 4.58. The molecular weight excluding hydrogens is 287 g/mol. The van der Waals surface area contributed by atoms with Crippen molar-refractivity contribution in [1.82, 2.24) is 5.16 Å². The van der Waals surface area contributed by atoms with Gasteiger partial charge in [0.05, 0.1) is 18.3 Å². The molecule has 2 heterocycles. The number of nitrogens with one attached hydrogen (secondary N) is 1. The molecule has 0 amide bonds. The third-order valence-electron chi connectivity index (χ3n) is 3.53. The molecule has 0 spiro atoms. The quantitative estimate of drug-likeness (QED) is 0.887. The second-order valence-corrected chi connectivity index (χ2v) is 5.37. The van der Waals surface area contributed by atoms with Gasteiger partial charge >= 0.3 is 0 Å². The molecule has 5 nitrogen and oxygen atoms in total. The fourth-order valence-electron chi connectivity index (χ4n) is 2.41. The smallest absolute Gasteiger partial charge is 0.142 e. The molecule has 0 unspecified atom stereocenters. The number of hydrogen-bond donors (Lipinski definition) is 1. The molecule has 118 valence electrons. The van der Waals surface area contributed by atoms with Crippen LogP contribution in [0.15, 0.2) is 28.8 Å². The molecule has 22 heavy (non-hydrogen) atoms. The van der Waals surface area contributed by atoms with Crippen LogP contribution in [-0.2, 0) is 11.3 Å². The van der Waals surface area contributed by atoms with Crippen molar-refractivity contribution in [2.75, 3.05) is 18.5 Å². The van der Waals surface area contributed by atoms with E-state index in [-0.39, 0.29) is 11.9 Å². The zero-order valence-electron chi connectivity index (χ0n) is 12.5. The predicted molar refractivity (Wildman–Crippen MR) is 79.4 cm³/mol. The van der Waals surface area contributed by atoms with Gasteiger partial charge in [-0.15, -0.1) is 0 Å². The fraction of sp³-hybridized carbons (Fsp3) is 0.438. The maximum Gasteiger partial charge on any atom is 0.142 e. The first-order valence-electron chi connectivity index (χ1n) is 7.41. The Morgan fingerprint density at radius 1 is 1.41 bits per heavy atom. The molecule has 0 saturated carbocycles. The van der Waals surface area contributed by atoms with Crippen LogP contribution >= 0.6 is 0 Å². The highest BCUT2D eigenvalue weighted by Crippen LogP contribution is 2.27. The first kappa shape index (κ1) is 14.8. The molecule has 1 aliphatic rings. The first-order chi connectivity index (χ1) is 10.7. The van der Waals surface area contributed by atoms with Crippen LogP contribution in [0.5, 0.6) is 5.75 Å². The molecule has 3 rings (SSSR count). The molecule has 0 radical (unpaired) electrons. The van der Waals surface area contributed by atoms with Gasteiger partial charge in [-0.1, -0.05) is 5.16 Å². The third kappa shape index (κ3) is 3.76. The molecular formula is C16H19FN2O3. The van der Waals surface area contributed by atoms with E-state index in [2.05, 4.69) is 10.5 Å². The molecule has 0 aliphatic carbocycles. The summed E-state index contributed by atoms with van der Waals surface area (Å²) in [5.74, 6) is 1.03. The average molecular weight is 306 g/mol. The molecule has 1 atom stereocenters. The van der Waals surface area contributed by atoms with Crippen molar-refractivity contribution in [1.29, 1.82) is 0 Å². The fourth-order valence-corrected chi connectivity index (χ4v) is 2.41. The van der Waals surface area contributed by atoms with Gasteiger partial charge < -0.3 is 19.3 Å². The molecule has 1 N–H and O–H groups in total. The summed E-state index contributed by atoms with van der Waals surface area (Å²) in [6.07, 6.45) is 2.19. The van der Waals surface area contributed by atoms with Crippen LogP contribution in [-0.4, -0.2) is 24.5 Å². The Labute approximate surface area is 128 Å². The van der Waals surface area contributed by atoms with Gasteiger partial charge in [-0.25, -0.2) is 4.39 Å². The normalized spacial score (nSPS) is 17.6. The Bertz CT molecular complexity index is 624. The largest absolute Gasteiger partial charge is 0.489 e. The summed E-state index contributed by atoms with van der Waals surface area (Å²) in [6, 6.07) is 6.26. The minimum Gasteiger partial charge on any atom is -0.489 e. The summed E-state index contributed by atoms with van der Waals surface area (Å²) in [6.45, 7) is 3.53. The van der Waals surface area contributed by atoms with Crippen LogP contribution in [0.1, 0.15) is 24.3 Å². The summed E-state index contributed by atoms with van der Waals surface area (Å²) < 4.78 is 29.8. The number of hydrogen-bond acceptors (Lipinski definition) is 5. The van der Waals surface area contributed by atoms with E-state index < -0.39 is 0 Å². The lowest BCUT2D eigenvalue weighted by Crippen LogP contribution is -2.17. The summed E-state index contributed by atoms with van der Waals surface area (Å²) in [4.78, 5) is 0. The van der Waals surface area contributed by atoms with Crippen LogP contribution < -0.4 is 10.1 Å². The van der Waals surface area contributed by atoms with Crippen molar-refractivity contribution in [3.63, 3.8) is 0 Å². The van der Waals surface area contributed by atoms with Gasteiger partial charge in [0, 0.05) is 18.7 Å². The van der Waals surface area contributed by atoms with Gasteiger partial charge in [-0.05, 0) is 31.9 Å². The van der Waals surface area contributed by atoms with E-state index in [0.717, 1.165) is 30.9 Å². The number of benzene rings is 1. The van der Waals surface area contributed by atoms with E-state index in [0.29, 0.717) is 24.6 Å². The van der Waals surface area contributed by atoms with Crippen LogP contribution in [0.25, 0.3) is 0 Å².